The molecule has 0 aromatic rings. The van der Waals surface area contributed by atoms with Crippen LogP contribution < -0.4 is 0 Å². The number of hydrogen-bond acceptors (Lipinski definition) is 6. The molecule has 0 radical (unpaired) electrons. The van der Waals surface area contributed by atoms with Crippen molar-refractivity contribution in [1.29, 1.82) is 0 Å². The lowest BCUT2D eigenvalue weighted by Gasteiger charge is -2.18. The molecule has 0 heterocycles. The van der Waals surface area contributed by atoms with Crippen molar-refractivity contribution in [1.82, 2.24) is 0 Å². The van der Waals surface area contributed by atoms with Crippen LogP contribution in [-0.4, -0.2) is 37.2 Å². The van der Waals surface area contributed by atoms with Gasteiger partial charge in [-0.25, -0.2) is 0 Å². The predicted octanol–water partition coefficient (Wildman–Crippen LogP) is 17.8. The van der Waals surface area contributed by atoms with Crippen molar-refractivity contribution in [3.63, 3.8) is 0 Å². The smallest absolute Gasteiger partial charge is 0.306 e. The summed E-state index contributed by atoms with van der Waals surface area (Å²) in [5.41, 5.74) is 0. The summed E-state index contributed by atoms with van der Waals surface area (Å²) in [6.45, 7) is 9.04. The lowest BCUT2D eigenvalue weighted by molar-refractivity contribution is -0.167. The number of unbranched alkanes of at least 4 members (excludes halogenated alkanes) is 37. The number of carbonyl (C=O) groups excluding carboxylic acids is 3. The van der Waals surface area contributed by atoms with Crippen molar-refractivity contribution in [3.05, 3.63) is 0 Å². The first kappa shape index (κ1) is 59.4. The molecule has 0 saturated carbocycles. The zero-order valence-corrected chi connectivity index (χ0v) is 41.6. The second kappa shape index (κ2) is 49.4. The fourth-order valence-electron chi connectivity index (χ4n) is 8.39. The van der Waals surface area contributed by atoms with E-state index >= 15 is 0 Å². The topological polar surface area (TPSA) is 78.9 Å². The maximum Gasteiger partial charge on any atom is 0.306 e. The third-order valence-corrected chi connectivity index (χ3v) is 12.5. The second-order valence-electron chi connectivity index (χ2n) is 19.3. The normalized spacial score (nSPS) is 12.0. The first-order valence-corrected chi connectivity index (χ1v) is 27.4. The van der Waals surface area contributed by atoms with E-state index in [-0.39, 0.29) is 31.1 Å². The molecule has 0 aromatic carbocycles. The molecule has 0 rings (SSSR count). The predicted molar refractivity (Wildman–Crippen MR) is 261 cm³/mol. The van der Waals surface area contributed by atoms with Gasteiger partial charge in [0.25, 0.3) is 0 Å². The molecule has 0 bridgehead atoms. The molecule has 0 unspecified atom stereocenters. The van der Waals surface area contributed by atoms with Gasteiger partial charge in [-0.05, 0) is 25.2 Å². The molecule has 6 heteroatoms. The summed E-state index contributed by atoms with van der Waals surface area (Å²) in [4.78, 5) is 38.0. The highest BCUT2D eigenvalue weighted by Gasteiger charge is 2.19. The Morgan fingerprint density at radius 3 is 0.803 bits per heavy atom. The quantitative estimate of drug-likeness (QED) is 0.0344. The zero-order valence-electron chi connectivity index (χ0n) is 41.6. The molecule has 61 heavy (non-hydrogen) atoms. The van der Waals surface area contributed by atoms with Gasteiger partial charge in [0.05, 0.1) is 0 Å². The van der Waals surface area contributed by atoms with Crippen LogP contribution in [0.4, 0.5) is 0 Å². The van der Waals surface area contributed by atoms with Crippen LogP contribution in [0.25, 0.3) is 0 Å². The van der Waals surface area contributed by atoms with Crippen molar-refractivity contribution in [2.75, 3.05) is 13.2 Å². The van der Waals surface area contributed by atoms with E-state index in [2.05, 4.69) is 27.7 Å². The first-order chi connectivity index (χ1) is 29.9. The molecule has 6 nitrogen and oxygen atoms in total. The summed E-state index contributed by atoms with van der Waals surface area (Å²) in [5.74, 6) is -0.0127. The molecule has 0 spiro atoms. The van der Waals surface area contributed by atoms with Gasteiger partial charge in [-0.1, -0.05) is 272 Å². The molecule has 0 saturated heterocycles. The van der Waals surface area contributed by atoms with E-state index in [4.69, 9.17) is 14.2 Å². The summed E-state index contributed by atoms with van der Waals surface area (Å²) in [6.07, 6.45) is 52.3. The number of esters is 3. The monoisotopic (exact) mass is 863 g/mol. The minimum Gasteiger partial charge on any atom is -0.462 e. The maximum atomic E-state index is 12.8. The van der Waals surface area contributed by atoms with Gasteiger partial charge in [0.2, 0.25) is 0 Å². The summed E-state index contributed by atoms with van der Waals surface area (Å²) in [6, 6.07) is 0. The molecule has 0 amide bonds. The van der Waals surface area contributed by atoms with E-state index in [1.54, 1.807) is 0 Å². The summed E-state index contributed by atoms with van der Waals surface area (Å²) < 4.78 is 16.8. The Hall–Kier alpha value is -1.59. The minimum absolute atomic E-state index is 0.0623. The minimum atomic E-state index is -0.761. The first-order valence-electron chi connectivity index (χ1n) is 27.4. The Balaban J connectivity index is 4.30. The molecular formula is C55H106O6. The summed E-state index contributed by atoms with van der Waals surface area (Å²) in [7, 11) is 0. The Bertz CT molecular complexity index is 918. The van der Waals surface area contributed by atoms with Crippen LogP contribution >= 0.6 is 0 Å². The van der Waals surface area contributed by atoms with Gasteiger partial charge >= 0.3 is 17.9 Å². The van der Waals surface area contributed by atoms with Gasteiger partial charge in [0, 0.05) is 19.3 Å². The molecule has 362 valence electrons. The van der Waals surface area contributed by atoms with Gasteiger partial charge in [-0.15, -0.1) is 0 Å². The summed E-state index contributed by atoms with van der Waals surface area (Å²) in [5, 5.41) is 0. The number of carbonyl (C=O) groups is 3. The maximum absolute atomic E-state index is 12.8. The van der Waals surface area contributed by atoms with Crippen LogP contribution in [0.2, 0.25) is 0 Å². The van der Waals surface area contributed by atoms with Crippen molar-refractivity contribution in [2.24, 2.45) is 5.92 Å². The third kappa shape index (κ3) is 49.3. The van der Waals surface area contributed by atoms with Crippen LogP contribution in [-0.2, 0) is 28.6 Å². The van der Waals surface area contributed by atoms with Gasteiger partial charge < -0.3 is 14.2 Å². The average molecular weight is 863 g/mol. The van der Waals surface area contributed by atoms with E-state index in [0.717, 1.165) is 63.7 Å². The Labute approximate surface area is 380 Å². The number of rotatable bonds is 50. The molecule has 0 N–H and O–H groups in total. The Morgan fingerprint density at radius 2 is 0.541 bits per heavy atom. The third-order valence-electron chi connectivity index (χ3n) is 12.5. The highest BCUT2D eigenvalue weighted by molar-refractivity contribution is 5.71. The largest absolute Gasteiger partial charge is 0.462 e. The standard InChI is InChI=1S/C55H106O6/c1-5-7-9-11-13-15-17-19-20-21-23-27-32-36-40-44-48-55(58)61-52(49-59-53(56)46-42-38-34-30-26-22-18-16-14-12-10-8-6-2)50-60-54(57)47-43-39-35-31-28-24-25-29-33-37-41-45-51(3)4/h51-52H,5-50H2,1-4H3/t52-/m1/s1. The number of ether oxygens (including phenoxy) is 3. The molecule has 0 aliphatic carbocycles. The molecular weight excluding hydrogens is 757 g/mol. The second-order valence-corrected chi connectivity index (χ2v) is 19.3. The van der Waals surface area contributed by atoms with Crippen LogP contribution in [0.1, 0.15) is 310 Å². The highest BCUT2D eigenvalue weighted by Crippen LogP contribution is 2.17. The van der Waals surface area contributed by atoms with E-state index in [1.165, 1.54) is 205 Å². The zero-order chi connectivity index (χ0) is 44.5. The van der Waals surface area contributed by atoms with Gasteiger partial charge in [0.15, 0.2) is 6.10 Å². The van der Waals surface area contributed by atoms with E-state index in [9.17, 15) is 14.4 Å². The molecule has 0 aliphatic rings. The van der Waals surface area contributed by atoms with Crippen LogP contribution in [0, 0.1) is 5.92 Å². The van der Waals surface area contributed by atoms with Gasteiger partial charge in [0.1, 0.15) is 13.2 Å². The molecule has 1 atom stereocenters. The van der Waals surface area contributed by atoms with E-state index in [0.29, 0.717) is 19.3 Å². The van der Waals surface area contributed by atoms with E-state index < -0.39 is 6.10 Å². The average Bonchev–Trinajstić information content (AvgIpc) is 3.24. The molecule has 0 aliphatic heterocycles. The van der Waals surface area contributed by atoms with Crippen molar-refractivity contribution in [2.45, 2.75) is 316 Å². The lowest BCUT2D eigenvalue weighted by Crippen LogP contribution is -2.30. The van der Waals surface area contributed by atoms with Crippen molar-refractivity contribution in [3.8, 4) is 0 Å². The Kier molecular flexibility index (Phi) is 48.1. The van der Waals surface area contributed by atoms with Crippen LogP contribution in [0.3, 0.4) is 0 Å². The van der Waals surface area contributed by atoms with Crippen molar-refractivity contribution < 1.29 is 28.6 Å². The summed E-state index contributed by atoms with van der Waals surface area (Å²) >= 11 is 0. The lowest BCUT2D eigenvalue weighted by atomic mass is 10.0. The SMILES string of the molecule is CCCCCCCCCCCCCCCCCCC(=O)O[C@H](COC(=O)CCCCCCCCCCCCCCC)COC(=O)CCCCCCCCCCCCCC(C)C. The molecule has 0 aromatic heterocycles. The fraction of sp³-hybridized carbons (Fsp3) is 0.945. The van der Waals surface area contributed by atoms with Crippen LogP contribution in [0.5, 0.6) is 0 Å². The Morgan fingerprint density at radius 1 is 0.311 bits per heavy atom. The van der Waals surface area contributed by atoms with Crippen molar-refractivity contribution >= 4 is 17.9 Å². The number of hydrogen-bond donors (Lipinski definition) is 0. The van der Waals surface area contributed by atoms with E-state index in [1.807, 2.05) is 0 Å². The van der Waals surface area contributed by atoms with Crippen LogP contribution in [0.15, 0.2) is 0 Å². The van der Waals surface area contributed by atoms with Gasteiger partial charge in [-0.3, -0.25) is 14.4 Å². The molecule has 0 fully saturated rings. The highest BCUT2D eigenvalue weighted by atomic mass is 16.6. The van der Waals surface area contributed by atoms with Gasteiger partial charge in [-0.2, -0.15) is 0 Å². The fourth-order valence-corrected chi connectivity index (χ4v) is 8.39.